The number of sulfonamides is 1. The van der Waals surface area contributed by atoms with Gasteiger partial charge in [-0.25, -0.2) is 13.4 Å². The third-order valence-electron chi connectivity index (χ3n) is 3.44. The van der Waals surface area contributed by atoms with Crippen molar-refractivity contribution in [1.82, 2.24) is 9.29 Å². The lowest BCUT2D eigenvalue weighted by atomic mass is 10.1. The van der Waals surface area contributed by atoms with Gasteiger partial charge in [0.1, 0.15) is 5.82 Å². The summed E-state index contributed by atoms with van der Waals surface area (Å²) in [5.74, 6) is 0.914. The number of aryl methyl sites for hydroxylation is 1. The van der Waals surface area contributed by atoms with E-state index in [1.54, 1.807) is 4.31 Å². The number of hydrogen-bond donors (Lipinski definition) is 0. The highest BCUT2D eigenvalue weighted by molar-refractivity contribution is 7.88. The number of pyridine rings is 1. The molecule has 0 aromatic carbocycles. The topological polar surface area (TPSA) is 53.5 Å². The first kappa shape index (κ1) is 14.3. The minimum Gasteiger partial charge on any atom is -0.353 e. The number of nitrogens with zero attached hydrogens (tertiary/aromatic N) is 3. The van der Waals surface area contributed by atoms with E-state index >= 15 is 0 Å². The Balaban J connectivity index is 2.20. The van der Waals surface area contributed by atoms with Crippen molar-refractivity contribution in [3.63, 3.8) is 0 Å². The van der Waals surface area contributed by atoms with Gasteiger partial charge in [0.2, 0.25) is 10.0 Å². The van der Waals surface area contributed by atoms with Crippen molar-refractivity contribution in [1.29, 1.82) is 0 Å². The first-order valence-electron chi connectivity index (χ1n) is 6.45. The molecule has 1 aliphatic heterocycles. The van der Waals surface area contributed by atoms with Gasteiger partial charge in [0.15, 0.2) is 0 Å². The standard InChI is InChI=1S/C13H21N3O2S/c1-10-5-6-13(14-7-10)15-8-11(2)16(12(3)9-15)19(4,17)18/h5-7,11-12H,8-9H2,1-4H3/t11-,12+. The monoisotopic (exact) mass is 283 g/mol. The summed E-state index contributed by atoms with van der Waals surface area (Å²) in [5.41, 5.74) is 1.12. The fourth-order valence-electron chi connectivity index (χ4n) is 2.80. The highest BCUT2D eigenvalue weighted by atomic mass is 32.2. The van der Waals surface area contributed by atoms with Crippen molar-refractivity contribution in [2.45, 2.75) is 32.9 Å². The summed E-state index contributed by atoms with van der Waals surface area (Å²) in [6.45, 7) is 7.24. The van der Waals surface area contributed by atoms with Crippen LogP contribution in [0.1, 0.15) is 19.4 Å². The Morgan fingerprint density at radius 3 is 2.21 bits per heavy atom. The van der Waals surface area contributed by atoms with Crippen LogP contribution in [0.3, 0.4) is 0 Å². The molecule has 1 aliphatic rings. The smallest absolute Gasteiger partial charge is 0.211 e. The molecule has 0 amide bonds. The van der Waals surface area contributed by atoms with E-state index in [0.29, 0.717) is 13.1 Å². The van der Waals surface area contributed by atoms with Crippen LogP contribution in [0.5, 0.6) is 0 Å². The molecule has 2 atom stereocenters. The molecule has 5 nitrogen and oxygen atoms in total. The van der Waals surface area contributed by atoms with Gasteiger partial charge in [0.25, 0.3) is 0 Å². The second-order valence-corrected chi connectivity index (χ2v) is 7.28. The molecule has 1 aromatic heterocycles. The van der Waals surface area contributed by atoms with Crippen LogP contribution in [0.15, 0.2) is 18.3 Å². The average Bonchev–Trinajstić information content (AvgIpc) is 2.26. The highest BCUT2D eigenvalue weighted by Crippen LogP contribution is 2.22. The summed E-state index contributed by atoms with van der Waals surface area (Å²) >= 11 is 0. The van der Waals surface area contributed by atoms with E-state index in [-0.39, 0.29) is 12.1 Å². The third kappa shape index (κ3) is 3.06. The normalized spacial score (nSPS) is 25.6. The van der Waals surface area contributed by atoms with Crippen LogP contribution in [0.25, 0.3) is 0 Å². The number of aromatic nitrogens is 1. The van der Waals surface area contributed by atoms with Gasteiger partial charge in [-0.15, -0.1) is 0 Å². The van der Waals surface area contributed by atoms with Crippen molar-refractivity contribution in [2.24, 2.45) is 0 Å². The quantitative estimate of drug-likeness (QED) is 0.819. The molecule has 0 spiro atoms. The minimum absolute atomic E-state index is 0.0400. The second-order valence-electron chi connectivity index (χ2n) is 5.39. The molecule has 0 saturated carbocycles. The van der Waals surface area contributed by atoms with Crippen LogP contribution in [0.4, 0.5) is 5.82 Å². The predicted octanol–water partition coefficient (Wildman–Crippen LogP) is 1.25. The number of piperazine rings is 1. The van der Waals surface area contributed by atoms with Crippen molar-refractivity contribution >= 4 is 15.8 Å². The van der Waals surface area contributed by atoms with Crippen molar-refractivity contribution in [3.8, 4) is 0 Å². The Bertz CT molecular complexity index is 530. The summed E-state index contributed by atoms with van der Waals surface area (Å²) in [4.78, 5) is 6.57. The van der Waals surface area contributed by atoms with Crippen LogP contribution in [-0.2, 0) is 10.0 Å². The average molecular weight is 283 g/mol. The highest BCUT2D eigenvalue weighted by Gasteiger charge is 2.35. The Morgan fingerprint density at radius 1 is 1.21 bits per heavy atom. The zero-order valence-corrected chi connectivity index (χ0v) is 12.7. The molecule has 1 aromatic rings. The van der Waals surface area contributed by atoms with E-state index < -0.39 is 10.0 Å². The second kappa shape index (κ2) is 5.09. The lowest BCUT2D eigenvalue weighted by Crippen LogP contribution is -2.58. The first-order chi connectivity index (χ1) is 8.79. The SMILES string of the molecule is Cc1ccc(N2C[C@@H](C)N(S(C)(=O)=O)[C@@H](C)C2)nc1. The molecule has 106 valence electrons. The molecule has 2 heterocycles. The van der Waals surface area contributed by atoms with E-state index in [1.807, 2.05) is 39.1 Å². The van der Waals surface area contributed by atoms with Gasteiger partial charge >= 0.3 is 0 Å². The number of rotatable bonds is 2. The minimum atomic E-state index is -3.15. The summed E-state index contributed by atoms with van der Waals surface area (Å²) in [5, 5.41) is 0. The van der Waals surface area contributed by atoms with E-state index in [9.17, 15) is 8.42 Å². The van der Waals surface area contributed by atoms with E-state index in [0.717, 1.165) is 11.4 Å². The van der Waals surface area contributed by atoms with E-state index in [2.05, 4.69) is 9.88 Å². The maximum absolute atomic E-state index is 11.8. The zero-order valence-electron chi connectivity index (χ0n) is 11.9. The molecule has 0 N–H and O–H groups in total. The Labute approximate surface area is 115 Å². The Hall–Kier alpha value is -1.14. The van der Waals surface area contributed by atoms with Crippen LogP contribution in [-0.4, -0.2) is 49.1 Å². The fraction of sp³-hybridized carbons (Fsp3) is 0.615. The summed E-state index contributed by atoms with van der Waals surface area (Å²) in [6, 6.07) is 3.94. The Morgan fingerprint density at radius 2 is 1.79 bits per heavy atom. The molecule has 2 rings (SSSR count). The van der Waals surface area contributed by atoms with E-state index in [1.165, 1.54) is 6.26 Å². The number of hydrogen-bond acceptors (Lipinski definition) is 4. The van der Waals surface area contributed by atoms with Gasteiger partial charge in [-0.05, 0) is 32.4 Å². The third-order valence-corrected chi connectivity index (χ3v) is 4.93. The van der Waals surface area contributed by atoms with Gasteiger partial charge in [0.05, 0.1) is 6.26 Å². The maximum Gasteiger partial charge on any atom is 0.211 e. The van der Waals surface area contributed by atoms with Gasteiger partial charge in [0, 0.05) is 31.4 Å². The lowest BCUT2D eigenvalue weighted by molar-refractivity contribution is 0.242. The number of anilines is 1. The molecule has 1 saturated heterocycles. The molecule has 0 radical (unpaired) electrons. The molecular formula is C13H21N3O2S. The van der Waals surface area contributed by atoms with Gasteiger partial charge in [-0.2, -0.15) is 4.31 Å². The molecule has 6 heteroatoms. The van der Waals surface area contributed by atoms with Crippen LogP contribution in [0, 0.1) is 6.92 Å². The zero-order chi connectivity index (χ0) is 14.2. The maximum atomic E-state index is 11.8. The Kier molecular flexibility index (Phi) is 3.82. The van der Waals surface area contributed by atoms with Gasteiger partial charge in [-0.1, -0.05) is 6.07 Å². The summed E-state index contributed by atoms with van der Waals surface area (Å²) < 4.78 is 25.2. The van der Waals surface area contributed by atoms with Crippen LogP contribution >= 0.6 is 0 Å². The lowest BCUT2D eigenvalue weighted by Gasteiger charge is -2.43. The summed E-state index contributed by atoms with van der Waals surface area (Å²) in [7, 11) is -3.15. The molecule has 0 aliphatic carbocycles. The molecule has 1 fully saturated rings. The van der Waals surface area contributed by atoms with Crippen molar-refractivity contribution in [2.75, 3.05) is 24.2 Å². The largest absolute Gasteiger partial charge is 0.353 e. The summed E-state index contributed by atoms with van der Waals surface area (Å²) in [6.07, 6.45) is 3.12. The molecule has 19 heavy (non-hydrogen) atoms. The van der Waals surface area contributed by atoms with Crippen molar-refractivity contribution < 1.29 is 8.42 Å². The molecular weight excluding hydrogens is 262 g/mol. The van der Waals surface area contributed by atoms with Crippen LogP contribution in [0.2, 0.25) is 0 Å². The molecule has 0 unspecified atom stereocenters. The van der Waals surface area contributed by atoms with Gasteiger partial charge in [-0.3, -0.25) is 0 Å². The van der Waals surface area contributed by atoms with Crippen LogP contribution < -0.4 is 4.90 Å². The van der Waals surface area contributed by atoms with Gasteiger partial charge < -0.3 is 4.90 Å². The predicted molar refractivity (Wildman–Crippen MR) is 76.8 cm³/mol. The van der Waals surface area contributed by atoms with E-state index in [4.69, 9.17) is 0 Å². The fourth-order valence-corrected chi connectivity index (χ4v) is 4.24. The van der Waals surface area contributed by atoms with Crippen molar-refractivity contribution in [3.05, 3.63) is 23.9 Å². The first-order valence-corrected chi connectivity index (χ1v) is 8.30. The molecule has 0 bridgehead atoms.